The van der Waals surface area contributed by atoms with Crippen LogP contribution >= 0.6 is 0 Å². The van der Waals surface area contributed by atoms with Gasteiger partial charge in [0, 0.05) is 18.3 Å². The number of aliphatic hydroxyl groups excluding tert-OH is 1. The zero-order valence-electron chi connectivity index (χ0n) is 14.1. The number of hydrogen-bond acceptors (Lipinski definition) is 3. The predicted molar refractivity (Wildman–Crippen MR) is 86.6 cm³/mol. The molecule has 5 aliphatic carbocycles. The minimum absolute atomic E-state index is 0.0852. The van der Waals surface area contributed by atoms with Crippen LogP contribution in [0.3, 0.4) is 0 Å². The molecular formula is C20H28O3. The SMILES string of the molecule is C[C@]12CC[C@H]3[C@@H](CC=C4CC(=O)CC[C@@H]43)[C@@]13C[C@H]3C[C@@]2(O)CO. The lowest BCUT2D eigenvalue weighted by molar-refractivity contribution is -0.160. The van der Waals surface area contributed by atoms with Crippen molar-refractivity contribution in [2.24, 2.45) is 34.5 Å². The van der Waals surface area contributed by atoms with Crippen molar-refractivity contribution in [2.45, 2.75) is 63.9 Å². The van der Waals surface area contributed by atoms with Gasteiger partial charge in [-0.05, 0) is 67.6 Å². The molecule has 5 aliphatic rings. The Hall–Kier alpha value is -0.670. The normalized spacial score (nSPS) is 57.0. The highest BCUT2D eigenvalue weighted by molar-refractivity contribution is 5.82. The third kappa shape index (κ3) is 1.52. The molecule has 0 heterocycles. The van der Waals surface area contributed by atoms with E-state index in [2.05, 4.69) is 13.0 Å². The lowest BCUT2D eigenvalue weighted by Gasteiger charge is -2.57. The quantitative estimate of drug-likeness (QED) is 0.731. The second-order valence-corrected chi connectivity index (χ2v) is 9.35. The third-order valence-electron chi connectivity index (χ3n) is 8.97. The van der Waals surface area contributed by atoms with Crippen molar-refractivity contribution in [1.29, 1.82) is 0 Å². The number of aliphatic hydroxyl groups is 2. The van der Waals surface area contributed by atoms with Gasteiger partial charge in [-0.15, -0.1) is 0 Å². The van der Waals surface area contributed by atoms with E-state index in [4.69, 9.17) is 0 Å². The molecule has 2 N–H and O–H groups in total. The predicted octanol–water partition coefficient (Wildman–Crippen LogP) is 2.85. The van der Waals surface area contributed by atoms with Crippen LogP contribution < -0.4 is 0 Å². The van der Waals surface area contributed by atoms with Gasteiger partial charge in [0.25, 0.3) is 0 Å². The Labute approximate surface area is 138 Å². The summed E-state index contributed by atoms with van der Waals surface area (Å²) in [6.45, 7) is 2.17. The Morgan fingerprint density at radius 3 is 2.91 bits per heavy atom. The van der Waals surface area contributed by atoms with Crippen molar-refractivity contribution < 1.29 is 15.0 Å². The number of carbonyl (C=O) groups excluding carboxylic acids is 1. The van der Waals surface area contributed by atoms with Gasteiger partial charge in [-0.1, -0.05) is 18.6 Å². The molecule has 126 valence electrons. The van der Waals surface area contributed by atoms with Gasteiger partial charge >= 0.3 is 0 Å². The number of carbonyl (C=O) groups is 1. The number of hydrogen-bond donors (Lipinski definition) is 2. The van der Waals surface area contributed by atoms with Crippen LogP contribution in [0.15, 0.2) is 11.6 Å². The van der Waals surface area contributed by atoms with Gasteiger partial charge in [0.2, 0.25) is 0 Å². The summed E-state index contributed by atoms with van der Waals surface area (Å²) in [6, 6.07) is 0. The van der Waals surface area contributed by atoms with E-state index in [0.29, 0.717) is 35.9 Å². The molecule has 0 unspecified atom stereocenters. The molecular weight excluding hydrogens is 288 g/mol. The molecule has 0 bridgehead atoms. The first kappa shape index (κ1) is 14.7. The second-order valence-electron chi connectivity index (χ2n) is 9.35. The largest absolute Gasteiger partial charge is 0.393 e. The van der Waals surface area contributed by atoms with Gasteiger partial charge in [-0.2, -0.15) is 0 Å². The van der Waals surface area contributed by atoms with E-state index < -0.39 is 5.60 Å². The van der Waals surface area contributed by atoms with Crippen molar-refractivity contribution in [3.05, 3.63) is 11.6 Å². The Morgan fingerprint density at radius 1 is 1.30 bits per heavy atom. The maximum absolute atomic E-state index is 11.8. The van der Waals surface area contributed by atoms with Crippen molar-refractivity contribution in [3.8, 4) is 0 Å². The monoisotopic (exact) mass is 316 g/mol. The van der Waals surface area contributed by atoms with Crippen LogP contribution in [0.25, 0.3) is 0 Å². The average Bonchev–Trinajstić information content (AvgIpc) is 3.20. The van der Waals surface area contributed by atoms with Crippen LogP contribution in [-0.2, 0) is 4.79 Å². The van der Waals surface area contributed by atoms with Gasteiger partial charge < -0.3 is 10.2 Å². The zero-order chi connectivity index (χ0) is 16.0. The molecule has 1 spiro atoms. The lowest BCUT2D eigenvalue weighted by Crippen LogP contribution is -2.57. The summed E-state index contributed by atoms with van der Waals surface area (Å²) in [5.74, 6) is 3.02. The highest BCUT2D eigenvalue weighted by atomic mass is 16.3. The van der Waals surface area contributed by atoms with Gasteiger partial charge in [0.1, 0.15) is 5.78 Å². The summed E-state index contributed by atoms with van der Waals surface area (Å²) in [4.78, 5) is 11.8. The van der Waals surface area contributed by atoms with Crippen molar-refractivity contribution in [2.75, 3.05) is 6.61 Å². The Balaban J connectivity index is 1.53. The molecule has 3 heteroatoms. The van der Waals surface area contributed by atoms with Gasteiger partial charge in [0.15, 0.2) is 0 Å². The van der Waals surface area contributed by atoms with E-state index >= 15 is 0 Å². The van der Waals surface area contributed by atoms with E-state index in [0.717, 1.165) is 38.5 Å². The van der Waals surface area contributed by atoms with E-state index in [9.17, 15) is 15.0 Å². The number of Topliss-reactive ketones (excluding diaryl/α,β-unsaturated/α-hetero) is 1. The Kier molecular flexibility index (Phi) is 2.73. The molecule has 0 aromatic carbocycles. The molecule has 0 aromatic heterocycles. The van der Waals surface area contributed by atoms with Gasteiger partial charge in [0.05, 0.1) is 12.2 Å². The highest BCUT2D eigenvalue weighted by Crippen LogP contribution is 2.83. The van der Waals surface area contributed by atoms with Crippen LogP contribution in [0.4, 0.5) is 0 Å². The van der Waals surface area contributed by atoms with Crippen LogP contribution in [-0.4, -0.2) is 28.2 Å². The number of fused-ring (bicyclic) bond motifs is 3. The van der Waals surface area contributed by atoms with E-state index in [1.165, 1.54) is 12.0 Å². The topological polar surface area (TPSA) is 57.5 Å². The molecule has 5 rings (SSSR count). The number of allylic oxidation sites excluding steroid dienone is 2. The minimum atomic E-state index is -0.868. The summed E-state index contributed by atoms with van der Waals surface area (Å²) in [6.07, 6.45) is 10.2. The van der Waals surface area contributed by atoms with E-state index in [-0.39, 0.29) is 17.4 Å². The highest BCUT2D eigenvalue weighted by Gasteiger charge is 2.80. The summed E-state index contributed by atoms with van der Waals surface area (Å²) >= 11 is 0. The maximum atomic E-state index is 11.8. The Morgan fingerprint density at radius 2 is 2.13 bits per heavy atom. The molecule has 0 saturated heterocycles. The average molecular weight is 316 g/mol. The lowest BCUT2D eigenvalue weighted by atomic mass is 9.48. The minimum Gasteiger partial charge on any atom is -0.393 e. The smallest absolute Gasteiger partial charge is 0.136 e. The second kappa shape index (κ2) is 4.29. The summed E-state index contributed by atoms with van der Waals surface area (Å²) < 4.78 is 0. The van der Waals surface area contributed by atoms with Crippen molar-refractivity contribution >= 4 is 5.78 Å². The van der Waals surface area contributed by atoms with Crippen LogP contribution in [0.1, 0.15) is 58.3 Å². The fraction of sp³-hybridized carbons (Fsp3) is 0.850. The molecule has 0 aliphatic heterocycles. The molecule has 0 radical (unpaired) electrons. The van der Waals surface area contributed by atoms with E-state index in [1.807, 2.05) is 0 Å². The van der Waals surface area contributed by atoms with Crippen molar-refractivity contribution in [3.63, 3.8) is 0 Å². The number of rotatable bonds is 1. The molecule has 4 fully saturated rings. The summed E-state index contributed by atoms with van der Waals surface area (Å²) in [7, 11) is 0. The molecule has 4 saturated carbocycles. The molecule has 0 aromatic rings. The molecule has 23 heavy (non-hydrogen) atoms. The number of ketones is 1. The van der Waals surface area contributed by atoms with Gasteiger partial charge in [-0.25, -0.2) is 0 Å². The summed E-state index contributed by atoms with van der Waals surface area (Å²) in [5, 5.41) is 21.0. The molecule has 0 amide bonds. The first-order valence-electron chi connectivity index (χ1n) is 9.49. The fourth-order valence-corrected chi connectivity index (χ4v) is 7.76. The third-order valence-corrected chi connectivity index (χ3v) is 8.97. The fourth-order valence-electron chi connectivity index (χ4n) is 7.76. The van der Waals surface area contributed by atoms with E-state index in [1.54, 1.807) is 0 Å². The molecule has 3 nitrogen and oxygen atoms in total. The van der Waals surface area contributed by atoms with Crippen LogP contribution in [0.5, 0.6) is 0 Å². The maximum Gasteiger partial charge on any atom is 0.136 e. The van der Waals surface area contributed by atoms with Gasteiger partial charge in [-0.3, -0.25) is 4.79 Å². The van der Waals surface area contributed by atoms with Crippen LogP contribution in [0, 0.1) is 34.5 Å². The zero-order valence-corrected chi connectivity index (χ0v) is 14.1. The first-order valence-corrected chi connectivity index (χ1v) is 9.49. The standard InChI is InChI=1S/C20H28O3/c1-18-7-6-16-15-4-3-14(22)8-12(15)2-5-17(16)20(18)10-13(20)9-19(18,23)11-21/h2,13,15-17,21,23H,3-11H2,1H3/t13-,15+,16-,17-,18-,19-,20+/m1/s1. The first-order chi connectivity index (χ1) is 11.0. The summed E-state index contributed by atoms with van der Waals surface area (Å²) in [5.41, 5.74) is 0.705. The van der Waals surface area contributed by atoms with Crippen molar-refractivity contribution in [1.82, 2.24) is 0 Å². The Bertz CT molecular complexity index is 610. The van der Waals surface area contributed by atoms with Crippen LogP contribution in [0.2, 0.25) is 0 Å². The molecule has 7 atom stereocenters.